The molecule has 3 aromatic rings. The second-order valence-electron chi connectivity index (χ2n) is 7.65. The molecule has 29 heavy (non-hydrogen) atoms. The first-order chi connectivity index (χ1) is 13.8. The molecule has 154 valence electrons. The van der Waals surface area contributed by atoms with E-state index < -0.39 is 0 Å². The van der Waals surface area contributed by atoms with E-state index in [1.165, 1.54) is 11.1 Å². The van der Waals surface area contributed by atoms with Gasteiger partial charge in [-0.3, -0.25) is 9.69 Å². The van der Waals surface area contributed by atoms with Gasteiger partial charge in [-0.25, -0.2) is 4.98 Å². The van der Waals surface area contributed by atoms with E-state index in [-0.39, 0.29) is 5.91 Å². The number of hydrogen-bond acceptors (Lipinski definition) is 4. The maximum atomic E-state index is 13.6. The van der Waals surface area contributed by atoms with Gasteiger partial charge in [0, 0.05) is 18.7 Å². The van der Waals surface area contributed by atoms with Crippen molar-refractivity contribution in [2.45, 2.75) is 41.5 Å². The largest absolute Gasteiger partial charge is 0.302 e. The van der Waals surface area contributed by atoms with Gasteiger partial charge in [-0.1, -0.05) is 48.9 Å². The first-order valence-corrected chi connectivity index (χ1v) is 11.2. The Morgan fingerprint density at radius 3 is 2.34 bits per heavy atom. The molecule has 0 saturated carbocycles. The molecule has 0 saturated heterocycles. The molecule has 0 aliphatic rings. The Hall–Kier alpha value is -2.24. The van der Waals surface area contributed by atoms with Crippen LogP contribution in [0.3, 0.4) is 0 Å². The monoisotopic (exact) mass is 409 g/mol. The van der Waals surface area contributed by atoms with Crippen LogP contribution in [0.4, 0.5) is 5.13 Å². The highest BCUT2D eigenvalue weighted by Gasteiger charge is 2.23. The molecule has 1 aromatic heterocycles. The number of hydrogen-bond donors (Lipinski definition) is 0. The van der Waals surface area contributed by atoms with Crippen LogP contribution in [0, 0.1) is 27.7 Å². The van der Waals surface area contributed by atoms with Gasteiger partial charge in [0.2, 0.25) is 0 Å². The van der Waals surface area contributed by atoms with Gasteiger partial charge in [0.1, 0.15) is 0 Å². The van der Waals surface area contributed by atoms with Crippen LogP contribution in [-0.2, 0) is 0 Å². The third-order valence-electron chi connectivity index (χ3n) is 5.71. The van der Waals surface area contributed by atoms with E-state index >= 15 is 0 Å². The van der Waals surface area contributed by atoms with Gasteiger partial charge in [-0.15, -0.1) is 0 Å². The van der Waals surface area contributed by atoms with Crippen LogP contribution in [0.1, 0.15) is 46.5 Å². The normalized spacial score (nSPS) is 11.4. The summed E-state index contributed by atoms with van der Waals surface area (Å²) in [7, 11) is 0. The number of fused-ring (bicyclic) bond motifs is 1. The zero-order valence-electron chi connectivity index (χ0n) is 18.4. The first-order valence-electron chi connectivity index (χ1n) is 10.3. The number of nitrogens with zero attached hydrogens (tertiary/aromatic N) is 3. The summed E-state index contributed by atoms with van der Waals surface area (Å²) >= 11 is 1.60. The maximum Gasteiger partial charge on any atom is 0.260 e. The lowest BCUT2D eigenvalue weighted by Crippen LogP contribution is -2.39. The zero-order chi connectivity index (χ0) is 21.1. The number of carbonyl (C=O) groups excluding carboxylic acids is 1. The molecular weight excluding hydrogens is 378 g/mol. The number of anilines is 1. The number of aromatic nitrogens is 1. The van der Waals surface area contributed by atoms with Crippen LogP contribution >= 0.6 is 11.3 Å². The molecule has 0 atom stereocenters. The molecule has 5 heteroatoms. The van der Waals surface area contributed by atoms with Crippen molar-refractivity contribution >= 4 is 32.6 Å². The molecular formula is C24H31N3OS. The number of aryl methyl sites for hydroxylation is 4. The van der Waals surface area contributed by atoms with Crippen LogP contribution in [-0.4, -0.2) is 42.0 Å². The van der Waals surface area contributed by atoms with Gasteiger partial charge in [0.15, 0.2) is 5.13 Å². The van der Waals surface area contributed by atoms with E-state index in [0.29, 0.717) is 6.54 Å². The van der Waals surface area contributed by atoms with Gasteiger partial charge in [-0.05, 0) is 69.6 Å². The van der Waals surface area contributed by atoms with Gasteiger partial charge >= 0.3 is 0 Å². The van der Waals surface area contributed by atoms with Crippen molar-refractivity contribution in [3.8, 4) is 0 Å². The molecule has 1 heterocycles. The Labute approximate surface area is 178 Å². The van der Waals surface area contributed by atoms with Crippen molar-refractivity contribution in [1.82, 2.24) is 9.88 Å². The Balaban J connectivity index is 2.04. The van der Waals surface area contributed by atoms with E-state index in [1.54, 1.807) is 11.3 Å². The van der Waals surface area contributed by atoms with Crippen molar-refractivity contribution in [2.75, 3.05) is 31.1 Å². The highest BCUT2D eigenvalue weighted by Crippen LogP contribution is 2.33. The van der Waals surface area contributed by atoms with E-state index in [4.69, 9.17) is 4.98 Å². The summed E-state index contributed by atoms with van der Waals surface area (Å²) in [5.41, 5.74) is 6.28. The van der Waals surface area contributed by atoms with E-state index in [9.17, 15) is 4.79 Å². The Morgan fingerprint density at radius 2 is 1.66 bits per heavy atom. The molecule has 0 aliphatic carbocycles. The summed E-state index contributed by atoms with van der Waals surface area (Å²) in [4.78, 5) is 22.7. The second kappa shape index (κ2) is 9.06. The Morgan fingerprint density at radius 1 is 0.966 bits per heavy atom. The van der Waals surface area contributed by atoms with Crippen molar-refractivity contribution < 1.29 is 4.79 Å². The van der Waals surface area contributed by atoms with Crippen molar-refractivity contribution in [2.24, 2.45) is 0 Å². The minimum atomic E-state index is 0.0341. The van der Waals surface area contributed by atoms with Crippen LogP contribution in [0.25, 0.3) is 10.2 Å². The Bertz CT molecular complexity index is 1020. The summed E-state index contributed by atoms with van der Waals surface area (Å²) in [6.45, 7) is 16.0. The highest BCUT2D eigenvalue weighted by atomic mass is 32.1. The number of rotatable bonds is 7. The van der Waals surface area contributed by atoms with Gasteiger partial charge in [0.05, 0.1) is 10.2 Å². The predicted octanol–water partition coefficient (Wildman–Crippen LogP) is 5.52. The summed E-state index contributed by atoms with van der Waals surface area (Å²) in [5.74, 6) is 0.0341. The van der Waals surface area contributed by atoms with E-state index in [1.807, 2.05) is 30.9 Å². The van der Waals surface area contributed by atoms with Gasteiger partial charge in [0.25, 0.3) is 5.91 Å². The molecule has 0 fully saturated rings. The molecule has 0 radical (unpaired) electrons. The highest BCUT2D eigenvalue weighted by molar-refractivity contribution is 7.22. The average molecular weight is 410 g/mol. The first kappa shape index (κ1) is 21.5. The lowest BCUT2D eigenvalue weighted by atomic mass is 10.0. The second-order valence-corrected chi connectivity index (χ2v) is 8.66. The predicted molar refractivity (Wildman–Crippen MR) is 124 cm³/mol. The van der Waals surface area contributed by atoms with Crippen molar-refractivity contribution in [1.29, 1.82) is 0 Å². The smallest absolute Gasteiger partial charge is 0.260 e. The third-order valence-corrected chi connectivity index (χ3v) is 6.75. The van der Waals surface area contributed by atoms with Crippen LogP contribution in [0.5, 0.6) is 0 Å². The minimum Gasteiger partial charge on any atom is -0.302 e. The van der Waals surface area contributed by atoms with E-state index in [0.717, 1.165) is 51.7 Å². The molecule has 1 amide bonds. The van der Waals surface area contributed by atoms with Crippen LogP contribution < -0.4 is 4.90 Å². The molecule has 3 rings (SSSR count). The average Bonchev–Trinajstić information content (AvgIpc) is 3.14. The quantitative estimate of drug-likeness (QED) is 0.516. The molecule has 4 nitrogen and oxygen atoms in total. The number of carbonyl (C=O) groups is 1. The zero-order valence-corrected chi connectivity index (χ0v) is 19.2. The summed E-state index contributed by atoms with van der Waals surface area (Å²) in [6, 6.07) is 10.3. The third kappa shape index (κ3) is 4.51. The summed E-state index contributed by atoms with van der Waals surface area (Å²) in [5, 5.41) is 0.784. The SMILES string of the molecule is CCN(CC)CCN(C(=O)c1cc(C)ccc1C)c1nc2c(C)c(C)ccc2s1. The van der Waals surface area contributed by atoms with Crippen LogP contribution in [0.2, 0.25) is 0 Å². The molecule has 0 bridgehead atoms. The van der Waals surface area contributed by atoms with Gasteiger partial charge in [-0.2, -0.15) is 0 Å². The van der Waals surface area contributed by atoms with Crippen molar-refractivity contribution in [3.63, 3.8) is 0 Å². The lowest BCUT2D eigenvalue weighted by Gasteiger charge is -2.25. The minimum absolute atomic E-state index is 0.0341. The maximum absolute atomic E-state index is 13.6. The Kier molecular flexibility index (Phi) is 6.70. The molecule has 0 N–H and O–H groups in total. The number of amides is 1. The fraction of sp³-hybridized carbons (Fsp3) is 0.417. The van der Waals surface area contributed by atoms with Crippen LogP contribution in [0.15, 0.2) is 30.3 Å². The number of benzene rings is 2. The van der Waals surface area contributed by atoms with Crippen molar-refractivity contribution in [3.05, 3.63) is 58.1 Å². The molecule has 0 unspecified atom stereocenters. The topological polar surface area (TPSA) is 36.4 Å². The van der Waals surface area contributed by atoms with E-state index in [2.05, 4.69) is 50.8 Å². The molecule has 0 aliphatic heterocycles. The van der Waals surface area contributed by atoms with Gasteiger partial charge < -0.3 is 4.90 Å². The number of likely N-dealkylation sites (N-methyl/N-ethyl adjacent to an activating group) is 1. The summed E-state index contributed by atoms with van der Waals surface area (Å²) < 4.78 is 1.13. The fourth-order valence-corrected chi connectivity index (χ4v) is 4.56. The molecule has 0 spiro atoms. The fourth-order valence-electron chi connectivity index (χ4n) is 3.51. The molecule has 2 aromatic carbocycles. The summed E-state index contributed by atoms with van der Waals surface area (Å²) in [6.07, 6.45) is 0. The standard InChI is InChI=1S/C24H31N3OS/c1-7-26(8-2)13-14-27(23(28)20-15-16(3)9-10-18(20)5)24-25-22-19(6)17(4)11-12-21(22)29-24/h9-12,15H,7-8,13-14H2,1-6H3. The lowest BCUT2D eigenvalue weighted by molar-refractivity contribution is 0.0983. The number of thiazole rings is 1.